The minimum atomic E-state index is -3.21. The summed E-state index contributed by atoms with van der Waals surface area (Å²) in [4.78, 5) is 23.2. The average molecular weight is 340 g/mol. The fraction of sp³-hybridized carbons (Fsp3) is 0.467. The monoisotopic (exact) mass is 340 g/mol. The molecular formula is C15H20N2O5S. The van der Waals surface area contributed by atoms with Crippen molar-refractivity contribution in [1.29, 1.82) is 0 Å². The number of carbonyl (C=O) groups is 2. The molecule has 0 unspecified atom stereocenters. The Kier molecular flexibility index (Phi) is 5.06. The first-order chi connectivity index (χ1) is 10.7. The number of carboxylic acid groups (broad SMARTS) is 1. The van der Waals surface area contributed by atoms with Crippen molar-refractivity contribution in [3.8, 4) is 0 Å². The molecule has 23 heavy (non-hydrogen) atoms. The van der Waals surface area contributed by atoms with Gasteiger partial charge in [0.25, 0.3) is 0 Å². The lowest BCUT2D eigenvalue weighted by Gasteiger charge is -2.15. The maximum absolute atomic E-state index is 12.0. The van der Waals surface area contributed by atoms with Crippen LogP contribution >= 0.6 is 0 Å². The van der Waals surface area contributed by atoms with Gasteiger partial charge in [-0.15, -0.1) is 0 Å². The Morgan fingerprint density at radius 3 is 2.52 bits per heavy atom. The van der Waals surface area contributed by atoms with Gasteiger partial charge in [-0.1, -0.05) is 6.07 Å². The van der Waals surface area contributed by atoms with Crippen molar-refractivity contribution < 1.29 is 23.1 Å². The van der Waals surface area contributed by atoms with Crippen molar-refractivity contribution in [2.45, 2.75) is 26.7 Å². The number of hydrogen-bond donors (Lipinski definition) is 2. The van der Waals surface area contributed by atoms with Crippen LogP contribution in [0.1, 0.15) is 34.3 Å². The highest BCUT2D eigenvalue weighted by Crippen LogP contribution is 2.21. The number of aryl methyl sites for hydroxylation is 2. The van der Waals surface area contributed by atoms with Gasteiger partial charge in [0.05, 0.1) is 11.3 Å². The van der Waals surface area contributed by atoms with Gasteiger partial charge in [0.15, 0.2) is 0 Å². The normalized spacial score (nSPS) is 17.1. The Labute approximate surface area is 135 Å². The summed E-state index contributed by atoms with van der Waals surface area (Å²) < 4.78 is 24.7. The molecule has 0 aliphatic carbocycles. The summed E-state index contributed by atoms with van der Waals surface area (Å²) in [6.45, 7) is 4.06. The molecule has 2 rings (SSSR count). The van der Waals surface area contributed by atoms with Crippen molar-refractivity contribution in [1.82, 2.24) is 4.31 Å². The molecule has 1 fully saturated rings. The van der Waals surface area contributed by atoms with E-state index in [2.05, 4.69) is 5.32 Å². The van der Waals surface area contributed by atoms with Crippen molar-refractivity contribution in [3.05, 3.63) is 28.8 Å². The summed E-state index contributed by atoms with van der Waals surface area (Å²) in [5, 5.41) is 11.8. The van der Waals surface area contributed by atoms with Gasteiger partial charge in [-0.2, -0.15) is 0 Å². The molecule has 7 nitrogen and oxygen atoms in total. The number of aromatic carboxylic acids is 1. The molecule has 1 aromatic carbocycles. The number of amides is 1. The third-order valence-corrected chi connectivity index (χ3v) is 5.82. The van der Waals surface area contributed by atoms with Gasteiger partial charge in [0.1, 0.15) is 0 Å². The molecule has 0 spiro atoms. The highest BCUT2D eigenvalue weighted by Gasteiger charge is 2.28. The van der Waals surface area contributed by atoms with Gasteiger partial charge in [-0.25, -0.2) is 17.5 Å². The van der Waals surface area contributed by atoms with E-state index >= 15 is 0 Å². The predicted octanol–water partition coefficient (Wildman–Crippen LogP) is 1.37. The lowest BCUT2D eigenvalue weighted by atomic mass is 10.0. The summed E-state index contributed by atoms with van der Waals surface area (Å²) in [7, 11) is -3.21. The zero-order valence-electron chi connectivity index (χ0n) is 13.1. The second-order valence-corrected chi connectivity index (χ2v) is 7.74. The largest absolute Gasteiger partial charge is 0.478 e. The van der Waals surface area contributed by atoms with Gasteiger partial charge in [-0.05, 0) is 37.5 Å². The summed E-state index contributed by atoms with van der Waals surface area (Å²) >= 11 is 0. The highest BCUT2D eigenvalue weighted by molar-refractivity contribution is 7.89. The van der Waals surface area contributed by atoms with Gasteiger partial charge in [0, 0.05) is 25.2 Å². The molecule has 1 aliphatic rings. The maximum atomic E-state index is 12.0. The molecular weight excluding hydrogens is 320 g/mol. The summed E-state index contributed by atoms with van der Waals surface area (Å²) in [6, 6.07) is 3.13. The van der Waals surface area contributed by atoms with Crippen LogP contribution in [0.3, 0.4) is 0 Å². The SMILES string of the molecule is Cc1cc(C)c(C(=O)O)cc1NC(=O)CCN1CCCS1(=O)=O. The van der Waals surface area contributed by atoms with E-state index in [-0.39, 0.29) is 30.2 Å². The van der Waals surface area contributed by atoms with Crippen LogP contribution in [0.15, 0.2) is 12.1 Å². The third-order valence-electron chi connectivity index (χ3n) is 3.87. The van der Waals surface area contributed by atoms with Crippen molar-refractivity contribution in [2.75, 3.05) is 24.2 Å². The van der Waals surface area contributed by atoms with Crippen molar-refractivity contribution in [3.63, 3.8) is 0 Å². The van der Waals surface area contributed by atoms with Gasteiger partial charge < -0.3 is 10.4 Å². The smallest absolute Gasteiger partial charge is 0.336 e. The minimum Gasteiger partial charge on any atom is -0.478 e. The summed E-state index contributed by atoms with van der Waals surface area (Å²) in [6.07, 6.45) is 0.623. The molecule has 8 heteroatoms. The molecule has 2 N–H and O–H groups in total. The van der Waals surface area contributed by atoms with E-state index in [4.69, 9.17) is 5.11 Å². The highest BCUT2D eigenvalue weighted by atomic mass is 32.2. The first-order valence-corrected chi connectivity index (χ1v) is 8.94. The topological polar surface area (TPSA) is 104 Å². The Morgan fingerprint density at radius 1 is 1.26 bits per heavy atom. The van der Waals surface area contributed by atoms with E-state index in [9.17, 15) is 18.0 Å². The van der Waals surface area contributed by atoms with Crippen LogP contribution < -0.4 is 5.32 Å². The van der Waals surface area contributed by atoms with E-state index in [1.807, 2.05) is 0 Å². The van der Waals surface area contributed by atoms with E-state index in [1.165, 1.54) is 10.4 Å². The first-order valence-electron chi connectivity index (χ1n) is 7.33. The quantitative estimate of drug-likeness (QED) is 0.842. The van der Waals surface area contributed by atoms with Crippen LogP contribution in [-0.2, 0) is 14.8 Å². The molecule has 0 bridgehead atoms. The molecule has 0 radical (unpaired) electrons. The molecule has 0 saturated carbocycles. The summed E-state index contributed by atoms with van der Waals surface area (Å²) in [5.41, 5.74) is 1.95. The van der Waals surface area contributed by atoms with Crippen molar-refractivity contribution >= 4 is 27.6 Å². The minimum absolute atomic E-state index is 0.0367. The fourth-order valence-electron chi connectivity index (χ4n) is 2.60. The van der Waals surface area contributed by atoms with E-state index in [0.29, 0.717) is 24.2 Å². The second kappa shape index (κ2) is 6.67. The number of carbonyl (C=O) groups excluding carboxylic acids is 1. The molecule has 126 valence electrons. The number of hydrogen-bond acceptors (Lipinski definition) is 4. The number of benzene rings is 1. The summed E-state index contributed by atoms with van der Waals surface area (Å²) in [5.74, 6) is -1.26. The Bertz CT molecular complexity index is 742. The Hall–Kier alpha value is -1.93. The number of anilines is 1. The Morgan fingerprint density at radius 2 is 1.96 bits per heavy atom. The van der Waals surface area contributed by atoms with Crippen molar-refractivity contribution in [2.24, 2.45) is 0 Å². The van der Waals surface area contributed by atoms with Gasteiger partial charge in [-0.3, -0.25) is 4.79 Å². The standard InChI is InChI=1S/C15H20N2O5S/c1-10-8-11(2)13(9-12(10)15(19)20)16-14(18)4-6-17-5-3-7-23(17,21)22/h8-9H,3-7H2,1-2H3,(H,16,18)(H,19,20). The van der Waals surface area contributed by atoms with E-state index in [0.717, 1.165) is 5.56 Å². The van der Waals surface area contributed by atoms with Crippen LogP contribution in [-0.4, -0.2) is 48.5 Å². The lowest BCUT2D eigenvalue weighted by Crippen LogP contribution is -2.29. The molecule has 0 aromatic heterocycles. The van der Waals surface area contributed by atoms with Crippen LogP contribution in [0.25, 0.3) is 0 Å². The molecule has 1 aromatic rings. The third kappa shape index (κ3) is 4.08. The Balaban J connectivity index is 2.03. The first kappa shape index (κ1) is 17.4. The lowest BCUT2D eigenvalue weighted by molar-refractivity contribution is -0.116. The van der Waals surface area contributed by atoms with Crippen LogP contribution in [0.2, 0.25) is 0 Å². The molecule has 0 atom stereocenters. The molecule has 1 amide bonds. The number of nitrogens with one attached hydrogen (secondary N) is 1. The van der Waals surface area contributed by atoms with Crippen LogP contribution in [0, 0.1) is 13.8 Å². The molecule has 1 saturated heterocycles. The average Bonchev–Trinajstić information content (AvgIpc) is 2.78. The zero-order valence-corrected chi connectivity index (χ0v) is 13.9. The molecule has 1 aliphatic heterocycles. The van der Waals surface area contributed by atoms with Gasteiger partial charge in [0.2, 0.25) is 15.9 Å². The second-order valence-electron chi connectivity index (χ2n) is 5.65. The maximum Gasteiger partial charge on any atom is 0.336 e. The van der Waals surface area contributed by atoms with Crippen LogP contribution in [0.4, 0.5) is 5.69 Å². The van der Waals surface area contributed by atoms with Crippen LogP contribution in [0.5, 0.6) is 0 Å². The van der Waals surface area contributed by atoms with Gasteiger partial charge >= 0.3 is 5.97 Å². The zero-order chi connectivity index (χ0) is 17.2. The number of nitrogens with zero attached hydrogens (tertiary/aromatic N) is 1. The van der Waals surface area contributed by atoms with E-state index < -0.39 is 16.0 Å². The molecule has 1 heterocycles. The number of sulfonamides is 1. The number of rotatable bonds is 5. The number of carboxylic acids is 1. The fourth-order valence-corrected chi connectivity index (χ4v) is 4.13. The predicted molar refractivity (Wildman–Crippen MR) is 86.1 cm³/mol. The van der Waals surface area contributed by atoms with E-state index in [1.54, 1.807) is 19.9 Å².